The lowest BCUT2D eigenvalue weighted by atomic mass is 9.99. The zero-order valence-corrected chi connectivity index (χ0v) is 12.6. The van der Waals surface area contributed by atoms with E-state index >= 15 is 0 Å². The summed E-state index contributed by atoms with van der Waals surface area (Å²) in [6.07, 6.45) is 7.48. The first-order chi connectivity index (χ1) is 10.8. The summed E-state index contributed by atoms with van der Waals surface area (Å²) in [5.41, 5.74) is 2.47. The Kier molecular flexibility index (Phi) is 3.27. The maximum absolute atomic E-state index is 12.4. The van der Waals surface area contributed by atoms with Gasteiger partial charge in [0.2, 0.25) is 0 Å². The Morgan fingerprint density at radius 3 is 3.09 bits per heavy atom. The van der Waals surface area contributed by atoms with Gasteiger partial charge in [0.1, 0.15) is 16.5 Å². The van der Waals surface area contributed by atoms with Crippen molar-refractivity contribution in [3.63, 3.8) is 0 Å². The highest BCUT2D eigenvalue weighted by Gasteiger charge is 2.20. The fourth-order valence-corrected chi connectivity index (χ4v) is 3.32. The zero-order chi connectivity index (χ0) is 14.9. The summed E-state index contributed by atoms with van der Waals surface area (Å²) in [6, 6.07) is 1.85. The van der Waals surface area contributed by atoms with E-state index in [1.807, 2.05) is 11.4 Å². The van der Waals surface area contributed by atoms with E-state index in [2.05, 4.69) is 20.5 Å². The van der Waals surface area contributed by atoms with Crippen molar-refractivity contribution in [3.8, 4) is 10.7 Å². The predicted octanol–water partition coefficient (Wildman–Crippen LogP) is 3.26. The van der Waals surface area contributed by atoms with Gasteiger partial charge in [-0.15, -0.1) is 11.3 Å². The van der Waals surface area contributed by atoms with Crippen molar-refractivity contribution in [2.75, 3.05) is 5.32 Å². The molecule has 7 heteroatoms. The molecule has 0 fully saturated rings. The summed E-state index contributed by atoms with van der Waals surface area (Å²) in [6.45, 7) is 0. The Bertz CT molecular complexity index is 780. The van der Waals surface area contributed by atoms with Crippen LogP contribution in [0.4, 0.5) is 5.69 Å². The molecule has 0 atom stereocenters. The molecule has 0 spiro atoms. The van der Waals surface area contributed by atoms with Crippen molar-refractivity contribution < 1.29 is 9.21 Å². The van der Waals surface area contributed by atoms with Crippen molar-refractivity contribution in [2.45, 2.75) is 25.7 Å². The third kappa shape index (κ3) is 2.33. The number of amides is 1. The molecular formula is C15H14N4O2S. The number of hydrogen-bond donors (Lipinski definition) is 2. The molecule has 3 aromatic heterocycles. The molecule has 0 saturated heterocycles. The summed E-state index contributed by atoms with van der Waals surface area (Å²) in [7, 11) is 0. The molecule has 1 aliphatic rings. The lowest BCUT2D eigenvalue weighted by Crippen LogP contribution is -2.11. The van der Waals surface area contributed by atoms with Crippen molar-refractivity contribution in [1.29, 1.82) is 0 Å². The molecule has 112 valence electrons. The van der Waals surface area contributed by atoms with Crippen molar-refractivity contribution in [1.82, 2.24) is 15.2 Å². The highest BCUT2D eigenvalue weighted by Crippen LogP contribution is 2.28. The Labute approximate surface area is 130 Å². The second-order valence-electron chi connectivity index (χ2n) is 5.22. The van der Waals surface area contributed by atoms with E-state index in [9.17, 15) is 4.79 Å². The zero-order valence-electron chi connectivity index (χ0n) is 11.8. The first kappa shape index (κ1) is 13.3. The van der Waals surface area contributed by atoms with Crippen molar-refractivity contribution in [2.24, 2.45) is 0 Å². The van der Waals surface area contributed by atoms with Gasteiger partial charge in [0.15, 0.2) is 5.76 Å². The van der Waals surface area contributed by atoms with Crippen LogP contribution in [0.25, 0.3) is 10.7 Å². The van der Waals surface area contributed by atoms with E-state index < -0.39 is 0 Å². The van der Waals surface area contributed by atoms with Crippen molar-refractivity contribution >= 4 is 22.9 Å². The third-order valence-electron chi connectivity index (χ3n) is 3.75. The number of carbonyl (C=O) groups is 1. The maximum atomic E-state index is 12.4. The Morgan fingerprint density at radius 2 is 2.27 bits per heavy atom. The second kappa shape index (κ2) is 5.42. The van der Waals surface area contributed by atoms with Gasteiger partial charge in [-0.1, -0.05) is 0 Å². The second-order valence-corrected chi connectivity index (χ2v) is 6.11. The summed E-state index contributed by atoms with van der Waals surface area (Å²) in [5.74, 6) is 1.05. The topological polar surface area (TPSA) is 83.8 Å². The molecule has 2 N–H and O–H groups in total. The molecule has 0 unspecified atom stereocenters. The Balaban J connectivity index is 1.58. The number of aromatic nitrogens is 3. The fraction of sp³-hybridized carbons (Fsp3) is 0.267. The number of thiazole rings is 1. The summed E-state index contributed by atoms with van der Waals surface area (Å²) in [5, 5.41) is 12.4. The molecule has 4 rings (SSSR count). The van der Waals surface area contributed by atoms with Gasteiger partial charge in [-0.25, -0.2) is 4.98 Å². The summed E-state index contributed by atoms with van der Waals surface area (Å²) < 4.78 is 5.69. The van der Waals surface area contributed by atoms with Crippen LogP contribution in [0.3, 0.4) is 0 Å². The normalized spacial score (nSPS) is 13.8. The van der Waals surface area contributed by atoms with Crippen LogP contribution < -0.4 is 5.32 Å². The Hall–Kier alpha value is -2.41. The molecule has 0 bridgehead atoms. The van der Waals surface area contributed by atoms with Crippen LogP contribution in [-0.4, -0.2) is 21.1 Å². The standard InChI is InChI=1S/C15H14N4O2S/c20-14(12-7-9-3-1-2-4-11(9)21-12)18-10-8-17-19-13(10)15-16-5-6-22-15/h5-8H,1-4H2,(H,17,19)(H,18,20). The van der Waals surface area contributed by atoms with Crippen LogP contribution in [0.1, 0.15) is 34.7 Å². The van der Waals surface area contributed by atoms with Crippen molar-refractivity contribution in [3.05, 3.63) is 40.9 Å². The first-order valence-corrected chi connectivity index (χ1v) is 8.05. The quantitative estimate of drug-likeness (QED) is 0.777. The van der Waals surface area contributed by atoms with Gasteiger partial charge in [0, 0.05) is 18.0 Å². The van der Waals surface area contributed by atoms with E-state index in [0.717, 1.165) is 42.0 Å². The number of nitrogens with zero attached hydrogens (tertiary/aromatic N) is 2. The number of aromatic amines is 1. The number of anilines is 1. The first-order valence-electron chi connectivity index (χ1n) is 7.17. The molecule has 0 radical (unpaired) electrons. The predicted molar refractivity (Wildman–Crippen MR) is 83.0 cm³/mol. The van der Waals surface area contributed by atoms with Gasteiger partial charge in [-0.05, 0) is 30.9 Å². The molecule has 0 aliphatic heterocycles. The van der Waals surface area contributed by atoms with Gasteiger partial charge in [-0.2, -0.15) is 5.10 Å². The molecule has 1 amide bonds. The molecule has 0 saturated carbocycles. The lowest BCUT2D eigenvalue weighted by molar-refractivity contribution is 0.0995. The monoisotopic (exact) mass is 314 g/mol. The molecular weight excluding hydrogens is 300 g/mol. The van der Waals surface area contributed by atoms with E-state index in [0.29, 0.717) is 17.1 Å². The maximum Gasteiger partial charge on any atom is 0.291 e. The number of H-pyrrole nitrogens is 1. The molecule has 3 aromatic rings. The van der Waals surface area contributed by atoms with Gasteiger partial charge in [-0.3, -0.25) is 9.89 Å². The molecule has 22 heavy (non-hydrogen) atoms. The van der Waals surface area contributed by atoms with Crippen LogP contribution >= 0.6 is 11.3 Å². The number of carbonyl (C=O) groups excluding carboxylic acids is 1. The molecule has 6 nitrogen and oxygen atoms in total. The van der Waals surface area contributed by atoms with Crippen LogP contribution in [0.15, 0.2) is 28.3 Å². The van der Waals surface area contributed by atoms with Gasteiger partial charge in [0.05, 0.1) is 11.9 Å². The lowest BCUT2D eigenvalue weighted by Gasteiger charge is -2.07. The number of nitrogens with one attached hydrogen (secondary N) is 2. The van der Waals surface area contributed by atoms with Crippen LogP contribution in [0, 0.1) is 0 Å². The highest BCUT2D eigenvalue weighted by molar-refractivity contribution is 7.13. The smallest absolute Gasteiger partial charge is 0.291 e. The molecule has 1 aliphatic carbocycles. The number of hydrogen-bond acceptors (Lipinski definition) is 5. The van der Waals surface area contributed by atoms with Gasteiger partial charge >= 0.3 is 0 Å². The minimum atomic E-state index is -0.256. The number of furan rings is 1. The van der Waals surface area contributed by atoms with Crippen LogP contribution in [-0.2, 0) is 12.8 Å². The van der Waals surface area contributed by atoms with Gasteiger partial charge in [0.25, 0.3) is 5.91 Å². The van der Waals surface area contributed by atoms with E-state index in [-0.39, 0.29) is 5.91 Å². The van der Waals surface area contributed by atoms with E-state index in [1.54, 1.807) is 12.4 Å². The average molecular weight is 314 g/mol. The largest absolute Gasteiger partial charge is 0.456 e. The van der Waals surface area contributed by atoms with E-state index in [1.165, 1.54) is 11.3 Å². The molecule has 3 heterocycles. The van der Waals surface area contributed by atoms with E-state index in [4.69, 9.17) is 4.42 Å². The van der Waals surface area contributed by atoms with Crippen LogP contribution in [0.2, 0.25) is 0 Å². The highest BCUT2D eigenvalue weighted by atomic mass is 32.1. The van der Waals surface area contributed by atoms with Gasteiger partial charge < -0.3 is 9.73 Å². The number of aryl methyl sites for hydroxylation is 2. The number of fused-ring (bicyclic) bond motifs is 1. The minimum Gasteiger partial charge on any atom is -0.456 e. The summed E-state index contributed by atoms with van der Waals surface area (Å²) in [4.78, 5) is 16.6. The number of rotatable bonds is 3. The molecule has 0 aromatic carbocycles. The summed E-state index contributed by atoms with van der Waals surface area (Å²) >= 11 is 1.48. The third-order valence-corrected chi connectivity index (χ3v) is 4.54. The Morgan fingerprint density at radius 1 is 1.36 bits per heavy atom. The average Bonchev–Trinajstić information content (AvgIpc) is 3.26. The minimum absolute atomic E-state index is 0.256. The fourth-order valence-electron chi connectivity index (χ4n) is 2.68. The van der Waals surface area contributed by atoms with Crippen LogP contribution in [0.5, 0.6) is 0 Å². The SMILES string of the molecule is O=C(Nc1cn[nH]c1-c1nccs1)c1cc2c(o1)CCCC2.